The number of ether oxygens (including phenoxy) is 1. The van der Waals surface area contributed by atoms with Gasteiger partial charge in [0.15, 0.2) is 4.87 Å². The molecule has 1 N–H and O–H groups in total. The van der Waals surface area contributed by atoms with Crippen LogP contribution in [0.4, 0.5) is 10.5 Å². The number of thioether (sulfide) groups is 1. The number of rotatable bonds is 4. The molecular weight excluding hydrogens is 408 g/mol. The molecule has 0 spiro atoms. The molecule has 166 valence electrons. The minimum atomic E-state index is -1.27. The molecule has 0 aromatic heterocycles. The molecule has 31 heavy (non-hydrogen) atoms. The second-order valence-electron chi connectivity index (χ2n) is 9.92. The van der Waals surface area contributed by atoms with Gasteiger partial charge >= 0.3 is 6.09 Å². The molecule has 1 heterocycles. The van der Waals surface area contributed by atoms with Crippen molar-refractivity contribution in [3.8, 4) is 0 Å². The summed E-state index contributed by atoms with van der Waals surface area (Å²) in [6.07, 6.45) is -0.605. The van der Waals surface area contributed by atoms with Gasteiger partial charge in [0.25, 0.3) is 5.91 Å². The Bertz CT molecular complexity index is 976. The Morgan fingerprint density at radius 1 is 1.06 bits per heavy atom. The predicted molar refractivity (Wildman–Crippen MR) is 127 cm³/mol. The molecule has 1 aliphatic heterocycles. The predicted octanol–water partition coefficient (Wildman–Crippen LogP) is 5.75. The van der Waals surface area contributed by atoms with E-state index in [1.807, 2.05) is 97.0 Å². The standard InChI is InChI=1S/C25H32N2O3S/c1-17-13-14-20-19(15-17)25(31-24(5,6)7,26-22(29)30-23(2,3)4)21(28)27(20)16-18-11-9-8-10-12-18/h8-15H,16H2,1-7H3,(H,26,29)/t25-/m0/s1. The highest BCUT2D eigenvalue weighted by atomic mass is 32.2. The summed E-state index contributed by atoms with van der Waals surface area (Å²) >= 11 is 1.44. The van der Waals surface area contributed by atoms with Crippen LogP contribution in [-0.2, 0) is 20.9 Å². The van der Waals surface area contributed by atoms with Gasteiger partial charge in [0.1, 0.15) is 5.60 Å². The number of fused-ring (bicyclic) bond motifs is 1. The number of aryl methyl sites for hydroxylation is 1. The van der Waals surface area contributed by atoms with E-state index in [-0.39, 0.29) is 10.7 Å². The molecule has 2 aromatic rings. The first kappa shape index (κ1) is 23.2. The minimum absolute atomic E-state index is 0.164. The van der Waals surface area contributed by atoms with Crippen molar-refractivity contribution in [3.05, 3.63) is 65.2 Å². The zero-order valence-electron chi connectivity index (χ0n) is 19.4. The van der Waals surface area contributed by atoms with Gasteiger partial charge in [-0.2, -0.15) is 0 Å². The average Bonchev–Trinajstić information content (AvgIpc) is 2.82. The van der Waals surface area contributed by atoms with Crippen molar-refractivity contribution in [2.24, 2.45) is 0 Å². The van der Waals surface area contributed by atoms with Gasteiger partial charge in [0.05, 0.1) is 12.2 Å². The fourth-order valence-electron chi connectivity index (χ4n) is 3.66. The molecule has 2 aromatic carbocycles. The van der Waals surface area contributed by atoms with Crippen LogP contribution in [0.1, 0.15) is 58.2 Å². The second kappa shape index (κ2) is 8.23. The van der Waals surface area contributed by atoms with E-state index in [1.165, 1.54) is 11.8 Å². The summed E-state index contributed by atoms with van der Waals surface area (Å²) in [5, 5.41) is 2.97. The number of alkyl carbamates (subject to hydrolysis) is 1. The number of amides is 2. The Balaban J connectivity index is 2.11. The molecule has 2 amide bonds. The van der Waals surface area contributed by atoms with Gasteiger partial charge in [-0.1, -0.05) is 68.8 Å². The topological polar surface area (TPSA) is 58.6 Å². The quantitative estimate of drug-likeness (QED) is 0.615. The molecule has 0 saturated carbocycles. The molecular formula is C25H32N2O3S. The van der Waals surface area contributed by atoms with Crippen molar-refractivity contribution >= 4 is 29.4 Å². The first-order valence-corrected chi connectivity index (χ1v) is 11.3. The second-order valence-corrected chi connectivity index (χ2v) is 12.0. The number of carbonyl (C=O) groups excluding carboxylic acids is 2. The van der Waals surface area contributed by atoms with Crippen molar-refractivity contribution in [3.63, 3.8) is 0 Å². The lowest BCUT2D eigenvalue weighted by atomic mass is 10.0. The highest BCUT2D eigenvalue weighted by Crippen LogP contribution is 2.52. The van der Waals surface area contributed by atoms with E-state index in [4.69, 9.17) is 4.74 Å². The maximum absolute atomic E-state index is 14.0. The molecule has 0 saturated heterocycles. The van der Waals surface area contributed by atoms with Gasteiger partial charge in [-0.3, -0.25) is 10.1 Å². The van der Waals surface area contributed by atoms with E-state index >= 15 is 0 Å². The van der Waals surface area contributed by atoms with Crippen molar-refractivity contribution in [2.75, 3.05) is 4.90 Å². The van der Waals surface area contributed by atoms with Crippen molar-refractivity contribution < 1.29 is 14.3 Å². The van der Waals surface area contributed by atoms with Crippen molar-refractivity contribution in [1.29, 1.82) is 0 Å². The fraction of sp³-hybridized carbons (Fsp3) is 0.440. The van der Waals surface area contributed by atoms with Crippen LogP contribution in [0.2, 0.25) is 0 Å². The van der Waals surface area contributed by atoms with Crippen LogP contribution in [0.5, 0.6) is 0 Å². The molecule has 0 unspecified atom stereocenters. The van der Waals surface area contributed by atoms with Gasteiger partial charge in [0.2, 0.25) is 0 Å². The Morgan fingerprint density at radius 3 is 2.29 bits per heavy atom. The summed E-state index contributed by atoms with van der Waals surface area (Å²) in [4.78, 5) is 27.4. The highest BCUT2D eigenvalue weighted by Gasteiger charge is 2.55. The number of carbonyl (C=O) groups is 2. The van der Waals surface area contributed by atoms with E-state index in [9.17, 15) is 9.59 Å². The van der Waals surface area contributed by atoms with Gasteiger partial charge in [0, 0.05) is 10.3 Å². The molecule has 1 atom stereocenters. The van der Waals surface area contributed by atoms with Crippen LogP contribution in [0.25, 0.3) is 0 Å². The van der Waals surface area contributed by atoms with E-state index in [0.29, 0.717) is 6.54 Å². The number of hydrogen-bond donors (Lipinski definition) is 1. The zero-order valence-corrected chi connectivity index (χ0v) is 20.2. The van der Waals surface area contributed by atoms with Crippen LogP contribution >= 0.6 is 11.8 Å². The first-order valence-electron chi connectivity index (χ1n) is 10.5. The summed E-state index contributed by atoms with van der Waals surface area (Å²) in [6, 6.07) is 15.8. The van der Waals surface area contributed by atoms with E-state index in [2.05, 4.69) is 5.32 Å². The normalized spacial score (nSPS) is 18.7. The van der Waals surface area contributed by atoms with E-state index in [0.717, 1.165) is 22.4 Å². The molecule has 3 rings (SSSR count). The van der Waals surface area contributed by atoms with Crippen molar-refractivity contribution in [2.45, 2.75) is 70.2 Å². The van der Waals surface area contributed by atoms with Crippen LogP contribution < -0.4 is 10.2 Å². The van der Waals surface area contributed by atoms with Crippen LogP contribution in [0.3, 0.4) is 0 Å². The van der Waals surface area contributed by atoms with Crippen LogP contribution in [-0.4, -0.2) is 22.3 Å². The molecule has 0 radical (unpaired) electrons. The minimum Gasteiger partial charge on any atom is -0.444 e. The van der Waals surface area contributed by atoms with Gasteiger partial charge in [-0.15, -0.1) is 11.8 Å². The average molecular weight is 441 g/mol. The Hall–Kier alpha value is -2.47. The van der Waals surface area contributed by atoms with E-state index in [1.54, 1.807) is 4.90 Å². The number of nitrogens with zero attached hydrogens (tertiary/aromatic N) is 1. The Labute approximate surface area is 189 Å². The third-order valence-corrected chi connectivity index (χ3v) is 6.10. The molecule has 0 aliphatic carbocycles. The summed E-state index contributed by atoms with van der Waals surface area (Å²) in [7, 11) is 0. The molecule has 1 aliphatic rings. The summed E-state index contributed by atoms with van der Waals surface area (Å²) < 4.78 is 5.26. The molecule has 5 nitrogen and oxygen atoms in total. The summed E-state index contributed by atoms with van der Waals surface area (Å²) in [5.74, 6) is -0.164. The zero-order chi connectivity index (χ0) is 23.0. The third-order valence-electron chi connectivity index (χ3n) is 4.69. The molecule has 0 fully saturated rings. The third kappa shape index (κ3) is 5.24. The monoisotopic (exact) mass is 440 g/mol. The fourth-order valence-corrected chi connectivity index (χ4v) is 5.18. The van der Waals surface area contributed by atoms with Crippen LogP contribution in [0.15, 0.2) is 48.5 Å². The molecule has 6 heteroatoms. The largest absolute Gasteiger partial charge is 0.444 e. The molecule has 0 bridgehead atoms. The SMILES string of the molecule is Cc1ccc2c(c1)[C@](NC(=O)OC(C)(C)C)(SC(C)(C)C)C(=O)N2Cc1ccccc1. The smallest absolute Gasteiger partial charge is 0.409 e. The van der Waals surface area contributed by atoms with Crippen molar-refractivity contribution in [1.82, 2.24) is 5.32 Å². The van der Waals surface area contributed by atoms with Gasteiger partial charge in [-0.05, 0) is 39.3 Å². The number of nitrogens with one attached hydrogen (secondary N) is 1. The Kier molecular flexibility index (Phi) is 6.16. The number of anilines is 1. The number of hydrogen-bond acceptors (Lipinski definition) is 4. The lowest BCUT2D eigenvalue weighted by Crippen LogP contribution is -2.53. The van der Waals surface area contributed by atoms with E-state index < -0.39 is 16.6 Å². The lowest BCUT2D eigenvalue weighted by molar-refractivity contribution is -0.121. The van der Waals surface area contributed by atoms with Gasteiger partial charge in [-0.25, -0.2) is 4.79 Å². The summed E-state index contributed by atoms with van der Waals surface area (Å²) in [5.41, 5.74) is 2.99. The lowest BCUT2D eigenvalue weighted by Gasteiger charge is -2.35. The van der Waals surface area contributed by atoms with Crippen LogP contribution in [0, 0.1) is 6.92 Å². The number of benzene rings is 2. The Morgan fingerprint density at radius 2 is 1.71 bits per heavy atom. The highest BCUT2D eigenvalue weighted by molar-refractivity contribution is 8.02. The van der Waals surface area contributed by atoms with Gasteiger partial charge < -0.3 is 9.64 Å². The maximum atomic E-state index is 14.0. The first-order chi connectivity index (χ1) is 14.3. The maximum Gasteiger partial charge on any atom is 0.409 e. The summed E-state index contributed by atoms with van der Waals surface area (Å²) in [6.45, 7) is 14.0.